The van der Waals surface area contributed by atoms with E-state index in [0.717, 1.165) is 4.57 Å². The second kappa shape index (κ2) is 5.02. The molecule has 0 aliphatic heterocycles. The quantitative estimate of drug-likeness (QED) is 0.801. The molecule has 0 spiro atoms. The van der Waals surface area contributed by atoms with E-state index in [9.17, 15) is 22.8 Å². The topological polar surface area (TPSA) is 88.0 Å². The Bertz CT molecular complexity index is 449. The Balaban J connectivity index is 2.72. The highest BCUT2D eigenvalue weighted by molar-refractivity contribution is 5.66. The number of rotatable bonds is 5. The van der Waals surface area contributed by atoms with Gasteiger partial charge in [-0.15, -0.1) is 0 Å². The molecule has 1 aromatic heterocycles. The molecule has 0 saturated heterocycles. The first-order valence-corrected chi connectivity index (χ1v) is 4.72. The van der Waals surface area contributed by atoms with Crippen LogP contribution in [0, 0.1) is 0 Å². The fraction of sp³-hybridized carbons (Fsp3) is 0.625. The zero-order chi connectivity index (χ0) is 13.1. The van der Waals surface area contributed by atoms with Gasteiger partial charge in [0.15, 0.2) is 0 Å². The number of nitrogens with zero attached hydrogens (tertiary/aromatic N) is 2. The van der Waals surface area contributed by atoms with Crippen LogP contribution in [0.4, 0.5) is 13.2 Å². The molecule has 0 unspecified atom stereocenters. The van der Waals surface area contributed by atoms with Crippen molar-refractivity contribution in [2.24, 2.45) is 0 Å². The zero-order valence-electron chi connectivity index (χ0n) is 8.62. The van der Waals surface area contributed by atoms with Crippen molar-refractivity contribution in [3.8, 4) is 0 Å². The Labute approximate surface area is 93.1 Å². The minimum absolute atomic E-state index is 0.0893. The Morgan fingerprint density at radius 1 is 1.47 bits per heavy atom. The fourth-order valence-electron chi connectivity index (χ4n) is 1.23. The number of aromatic nitrogens is 3. The van der Waals surface area contributed by atoms with Crippen molar-refractivity contribution in [1.82, 2.24) is 14.8 Å². The van der Waals surface area contributed by atoms with E-state index in [1.807, 2.05) is 5.10 Å². The van der Waals surface area contributed by atoms with Gasteiger partial charge in [0.1, 0.15) is 5.82 Å². The summed E-state index contributed by atoms with van der Waals surface area (Å²) in [5, 5.41) is 13.9. The van der Waals surface area contributed by atoms with Crippen LogP contribution in [0.1, 0.15) is 18.7 Å². The maximum atomic E-state index is 12.0. The standard InChI is InChI=1S/C8H10F3N3O3/c9-8(10,11)3-1-5-12-13-7(17)14(5)4-2-6(15)16/h1-4H2,(H,13,17)(H,15,16). The number of aromatic amines is 1. The van der Waals surface area contributed by atoms with Crippen molar-refractivity contribution >= 4 is 5.97 Å². The number of hydrogen-bond donors (Lipinski definition) is 2. The number of hydrogen-bond acceptors (Lipinski definition) is 3. The van der Waals surface area contributed by atoms with E-state index in [0.29, 0.717) is 0 Å². The predicted molar refractivity (Wildman–Crippen MR) is 49.5 cm³/mol. The third kappa shape index (κ3) is 4.29. The molecule has 0 aromatic carbocycles. The molecule has 17 heavy (non-hydrogen) atoms. The number of carboxylic acid groups (broad SMARTS) is 1. The second-order valence-corrected chi connectivity index (χ2v) is 3.36. The van der Waals surface area contributed by atoms with Crippen molar-refractivity contribution in [2.75, 3.05) is 0 Å². The van der Waals surface area contributed by atoms with E-state index in [4.69, 9.17) is 5.11 Å². The van der Waals surface area contributed by atoms with Crippen LogP contribution in [-0.4, -0.2) is 32.0 Å². The lowest BCUT2D eigenvalue weighted by molar-refractivity contribution is -0.137. The number of halogens is 3. The molecule has 0 saturated carbocycles. The molecule has 96 valence electrons. The maximum absolute atomic E-state index is 12.0. The van der Waals surface area contributed by atoms with Gasteiger partial charge in [-0.1, -0.05) is 0 Å². The summed E-state index contributed by atoms with van der Waals surface area (Å²) in [5.41, 5.74) is -0.705. The predicted octanol–water partition coefficient (Wildman–Crippen LogP) is 0.541. The number of carboxylic acids is 1. The molecule has 9 heteroatoms. The number of H-pyrrole nitrogens is 1. The Morgan fingerprint density at radius 2 is 2.12 bits per heavy atom. The van der Waals surface area contributed by atoms with E-state index in [2.05, 4.69) is 5.10 Å². The van der Waals surface area contributed by atoms with Crippen molar-refractivity contribution in [2.45, 2.75) is 32.0 Å². The van der Waals surface area contributed by atoms with Gasteiger partial charge in [0.2, 0.25) is 0 Å². The highest BCUT2D eigenvalue weighted by atomic mass is 19.4. The van der Waals surface area contributed by atoms with Crippen LogP contribution in [0.3, 0.4) is 0 Å². The molecular weight excluding hydrogens is 243 g/mol. The largest absolute Gasteiger partial charge is 0.481 e. The molecule has 0 radical (unpaired) electrons. The van der Waals surface area contributed by atoms with Crippen molar-refractivity contribution in [3.05, 3.63) is 16.3 Å². The molecule has 0 aliphatic carbocycles. The summed E-state index contributed by atoms with van der Waals surface area (Å²) in [4.78, 5) is 21.5. The minimum atomic E-state index is -4.34. The van der Waals surface area contributed by atoms with Gasteiger partial charge in [-0.05, 0) is 0 Å². The Morgan fingerprint density at radius 3 is 2.65 bits per heavy atom. The lowest BCUT2D eigenvalue weighted by atomic mass is 10.3. The summed E-state index contributed by atoms with van der Waals surface area (Å²) < 4.78 is 36.8. The van der Waals surface area contributed by atoms with Crippen molar-refractivity contribution in [3.63, 3.8) is 0 Å². The van der Waals surface area contributed by atoms with E-state index >= 15 is 0 Å². The van der Waals surface area contributed by atoms with Crippen molar-refractivity contribution < 1.29 is 23.1 Å². The molecule has 1 aromatic rings. The molecule has 1 heterocycles. The van der Waals surface area contributed by atoms with Gasteiger partial charge in [0.05, 0.1) is 12.8 Å². The Kier molecular flexibility index (Phi) is 3.92. The van der Waals surface area contributed by atoms with Gasteiger partial charge in [-0.2, -0.15) is 18.3 Å². The lowest BCUT2D eigenvalue weighted by Gasteiger charge is -2.06. The summed E-state index contributed by atoms with van der Waals surface area (Å²) in [6.45, 7) is -0.197. The smallest absolute Gasteiger partial charge is 0.389 e. The minimum Gasteiger partial charge on any atom is -0.481 e. The summed E-state index contributed by atoms with van der Waals surface area (Å²) >= 11 is 0. The van der Waals surface area contributed by atoms with E-state index < -0.39 is 30.7 Å². The van der Waals surface area contributed by atoms with Crippen LogP contribution in [0.5, 0.6) is 0 Å². The number of alkyl halides is 3. The van der Waals surface area contributed by atoms with Crippen LogP contribution in [0.2, 0.25) is 0 Å². The number of aryl methyl sites for hydroxylation is 1. The summed E-state index contributed by atoms with van der Waals surface area (Å²) in [6, 6.07) is 0. The monoisotopic (exact) mass is 253 g/mol. The average molecular weight is 253 g/mol. The Hall–Kier alpha value is -1.80. The third-order valence-electron chi connectivity index (χ3n) is 2.02. The molecule has 1 rings (SSSR count). The highest BCUT2D eigenvalue weighted by Crippen LogP contribution is 2.21. The summed E-state index contributed by atoms with van der Waals surface area (Å²) in [7, 11) is 0. The summed E-state index contributed by atoms with van der Waals surface area (Å²) in [5.74, 6) is -1.23. The first-order chi connectivity index (χ1) is 7.79. The lowest BCUT2D eigenvalue weighted by Crippen LogP contribution is -2.21. The third-order valence-corrected chi connectivity index (χ3v) is 2.02. The van der Waals surface area contributed by atoms with Crippen LogP contribution in [0.15, 0.2) is 4.79 Å². The maximum Gasteiger partial charge on any atom is 0.389 e. The van der Waals surface area contributed by atoms with Crippen LogP contribution < -0.4 is 5.69 Å². The second-order valence-electron chi connectivity index (χ2n) is 3.36. The SMILES string of the molecule is O=C(O)CCn1c(CCC(F)(F)F)n[nH]c1=O. The molecule has 0 aliphatic rings. The fourth-order valence-corrected chi connectivity index (χ4v) is 1.23. The average Bonchev–Trinajstić information content (AvgIpc) is 2.52. The molecule has 0 amide bonds. The molecule has 2 N–H and O–H groups in total. The van der Waals surface area contributed by atoms with E-state index in [1.54, 1.807) is 0 Å². The van der Waals surface area contributed by atoms with Crippen molar-refractivity contribution in [1.29, 1.82) is 0 Å². The molecular formula is C8H10F3N3O3. The normalized spacial score (nSPS) is 11.7. The van der Waals surface area contributed by atoms with Gasteiger partial charge >= 0.3 is 17.8 Å². The van der Waals surface area contributed by atoms with Gasteiger partial charge in [0.25, 0.3) is 0 Å². The number of aliphatic carboxylic acids is 1. The van der Waals surface area contributed by atoms with Gasteiger partial charge in [-0.25, -0.2) is 9.89 Å². The van der Waals surface area contributed by atoms with E-state index in [1.165, 1.54) is 0 Å². The van der Waals surface area contributed by atoms with Gasteiger partial charge in [0, 0.05) is 13.0 Å². The number of carbonyl (C=O) groups is 1. The summed E-state index contributed by atoms with van der Waals surface area (Å²) in [6.07, 6.45) is -6.25. The first kappa shape index (κ1) is 13.3. The zero-order valence-corrected chi connectivity index (χ0v) is 8.62. The van der Waals surface area contributed by atoms with Crippen LogP contribution >= 0.6 is 0 Å². The van der Waals surface area contributed by atoms with Gasteiger partial charge in [-0.3, -0.25) is 9.36 Å². The molecule has 6 nitrogen and oxygen atoms in total. The van der Waals surface area contributed by atoms with Gasteiger partial charge < -0.3 is 5.11 Å². The molecule has 0 atom stereocenters. The van der Waals surface area contributed by atoms with Crippen LogP contribution in [-0.2, 0) is 17.8 Å². The number of nitrogens with one attached hydrogen (secondary N) is 1. The molecule has 0 fully saturated rings. The van der Waals surface area contributed by atoms with E-state index in [-0.39, 0.29) is 18.8 Å². The highest BCUT2D eigenvalue weighted by Gasteiger charge is 2.27. The van der Waals surface area contributed by atoms with Crippen LogP contribution in [0.25, 0.3) is 0 Å². The first-order valence-electron chi connectivity index (χ1n) is 4.72. The molecule has 0 bridgehead atoms.